The minimum absolute atomic E-state index is 0.251. The fourth-order valence-corrected chi connectivity index (χ4v) is 1.80. The molecule has 2 aromatic rings. The number of hydrogen-bond acceptors (Lipinski definition) is 3. The number of para-hydroxylation sites is 1. The Morgan fingerprint density at radius 1 is 1.20 bits per heavy atom. The second kappa shape index (κ2) is 6.56. The Hall–Kier alpha value is -2.56. The Bertz CT molecular complexity index is 591. The van der Waals surface area contributed by atoms with Crippen molar-refractivity contribution in [3.05, 3.63) is 53.9 Å². The molecule has 104 valence electrons. The lowest BCUT2D eigenvalue weighted by Crippen LogP contribution is -2.30. The number of H-pyrrole nitrogens is 1. The van der Waals surface area contributed by atoms with E-state index in [1.54, 1.807) is 18.3 Å². The van der Waals surface area contributed by atoms with E-state index in [2.05, 4.69) is 10.3 Å². The standard InChI is InChI=1S/C15H16N2O3/c1-2-20-13-8-4-3-6-11(13)10-17-15(19)14(18)12-7-5-9-16-12/h3-9,16H,2,10H2,1H3,(H,17,19). The van der Waals surface area contributed by atoms with Gasteiger partial charge in [0.1, 0.15) is 5.75 Å². The van der Waals surface area contributed by atoms with Crippen LogP contribution in [-0.4, -0.2) is 23.3 Å². The van der Waals surface area contributed by atoms with Crippen molar-refractivity contribution in [2.45, 2.75) is 13.5 Å². The molecule has 5 nitrogen and oxygen atoms in total. The largest absolute Gasteiger partial charge is 0.494 e. The molecule has 0 radical (unpaired) electrons. The van der Waals surface area contributed by atoms with Gasteiger partial charge in [-0.2, -0.15) is 0 Å². The minimum Gasteiger partial charge on any atom is -0.494 e. The zero-order valence-electron chi connectivity index (χ0n) is 11.2. The number of rotatable bonds is 6. The van der Waals surface area contributed by atoms with Crippen LogP contribution in [-0.2, 0) is 11.3 Å². The zero-order chi connectivity index (χ0) is 14.4. The molecule has 0 fully saturated rings. The molecule has 20 heavy (non-hydrogen) atoms. The zero-order valence-corrected chi connectivity index (χ0v) is 11.2. The van der Waals surface area contributed by atoms with Crippen LogP contribution >= 0.6 is 0 Å². The number of amides is 1. The maximum absolute atomic E-state index is 11.8. The van der Waals surface area contributed by atoms with Gasteiger partial charge in [-0.25, -0.2) is 0 Å². The summed E-state index contributed by atoms with van der Waals surface area (Å²) in [6, 6.07) is 10.6. The fourth-order valence-electron chi connectivity index (χ4n) is 1.80. The summed E-state index contributed by atoms with van der Waals surface area (Å²) in [7, 11) is 0. The third-order valence-electron chi connectivity index (χ3n) is 2.76. The number of hydrogen-bond donors (Lipinski definition) is 2. The maximum Gasteiger partial charge on any atom is 0.294 e. The summed E-state index contributed by atoms with van der Waals surface area (Å²) in [5, 5.41) is 2.60. The average molecular weight is 272 g/mol. The first-order valence-corrected chi connectivity index (χ1v) is 6.39. The van der Waals surface area contributed by atoms with Crippen molar-refractivity contribution in [1.29, 1.82) is 0 Å². The molecular weight excluding hydrogens is 256 g/mol. The Morgan fingerprint density at radius 2 is 2.00 bits per heavy atom. The van der Waals surface area contributed by atoms with Crippen LogP contribution in [0, 0.1) is 0 Å². The fraction of sp³-hybridized carbons (Fsp3) is 0.200. The molecule has 1 amide bonds. The number of ether oxygens (including phenoxy) is 1. The summed E-state index contributed by atoms with van der Waals surface area (Å²) in [5.41, 5.74) is 1.11. The topological polar surface area (TPSA) is 71.2 Å². The SMILES string of the molecule is CCOc1ccccc1CNC(=O)C(=O)c1ccc[nH]1. The summed E-state index contributed by atoms with van der Waals surface area (Å²) < 4.78 is 5.46. The highest BCUT2D eigenvalue weighted by molar-refractivity contribution is 6.42. The molecule has 0 bridgehead atoms. The summed E-state index contributed by atoms with van der Waals surface area (Å²) >= 11 is 0. The smallest absolute Gasteiger partial charge is 0.294 e. The van der Waals surface area contributed by atoms with Crippen molar-refractivity contribution in [1.82, 2.24) is 10.3 Å². The number of aromatic nitrogens is 1. The molecule has 5 heteroatoms. The Balaban J connectivity index is 1.98. The highest BCUT2D eigenvalue weighted by atomic mass is 16.5. The van der Waals surface area contributed by atoms with Gasteiger partial charge in [0, 0.05) is 18.3 Å². The van der Waals surface area contributed by atoms with E-state index >= 15 is 0 Å². The van der Waals surface area contributed by atoms with E-state index in [4.69, 9.17) is 4.74 Å². The Labute approximate surface area is 117 Å². The summed E-state index contributed by atoms with van der Waals surface area (Å²) in [6.45, 7) is 2.69. The lowest BCUT2D eigenvalue weighted by atomic mass is 10.2. The van der Waals surface area contributed by atoms with Crippen LogP contribution in [0.1, 0.15) is 23.0 Å². The van der Waals surface area contributed by atoms with E-state index in [1.165, 1.54) is 0 Å². The van der Waals surface area contributed by atoms with Crippen LogP contribution in [0.2, 0.25) is 0 Å². The molecule has 2 rings (SSSR count). The van der Waals surface area contributed by atoms with Crippen molar-refractivity contribution < 1.29 is 14.3 Å². The van der Waals surface area contributed by atoms with Gasteiger partial charge >= 0.3 is 0 Å². The first-order chi connectivity index (χ1) is 9.72. The highest BCUT2D eigenvalue weighted by Crippen LogP contribution is 2.17. The third-order valence-corrected chi connectivity index (χ3v) is 2.76. The molecule has 1 aromatic heterocycles. The summed E-state index contributed by atoms with van der Waals surface area (Å²) in [5.74, 6) is -0.509. The first kappa shape index (κ1) is 13.9. The van der Waals surface area contributed by atoms with Gasteiger partial charge in [-0.3, -0.25) is 9.59 Å². The number of Topliss-reactive ketones (excluding diaryl/α,β-unsaturated/α-hetero) is 1. The van der Waals surface area contributed by atoms with Crippen molar-refractivity contribution in [2.24, 2.45) is 0 Å². The van der Waals surface area contributed by atoms with Gasteiger partial charge in [0.05, 0.1) is 12.3 Å². The molecule has 0 aliphatic rings. The molecule has 0 atom stereocenters. The number of aromatic amines is 1. The summed E-state index contributed by atoms with van der Waals surface area (Å²) in [6.07, 6.45) is 1.60. The maximum atomic E-state index is 11.8. The van der Waals surface area contributed by atoms with Crippen molar-refractivity contribution in [3.8, 4) is 5.75 Å². The van der Waals surface area contributed by atoms with Crippen molar-refractivity contribution >= 4 is 11.7 Å². The number of ketones is 1. The van der Waals surface area contributed by atoms with Crippen LogP contribution in [0.15, 0.2) is 42.6 Å². The molecule has 0 aliphatic carbocycles. The van der Waals surface area contributed by atoms with Crippen LogP contribution in [0.3, 0.4) is 0 Å². The quantitative estimate of drug-likeness (QED) is 0.623. The number of benzene rings is 1. The highest BCUT2D eigenvalue weighted by Gasteiger charge is 2.16. The second-order valence-electron chi connectivity index (χ2n) is 4.14. The lowest BCUT2D eigenvalue weighted by Gasteiger charge is -2.10. The first-order valence-electron chi connectivity index (χ1n) is 6.39. The Morgan fingerprint density at radius 3 is 2.70 bits per heavy atom. The second-order valence-corrected chi connectivity index (χ2v) is 4.14. The molecule has 1 heterocycles. The molecule has 0 spiro atoms. The third kappa shape index (κ3) is 3.26. The van der Waals surface area contributed by atoms with E-state index in [-0.39, 0.29) is 12.2 Å². The predicted molar refractivity (Wildman–Crippen MR) is 74.6 cm³/mol. The molecule has 2 N–H and O–H groups in total. The van der Waals surface area contributed by atoms with Gasteiger partial charge in [-0.05, 0) is 25.1 Å². The number of nitrogens with one attached hydrogen (secondary N) is 2. The van der Waals surface area contributed by atoms with Crippen molar-refractivity contribution in [2.75, 3.05) is 6.61 Å². The van der Waals surface area contributed by atoms with Gasteiger partial charge in [-0.1, -0.05) is 18.2 Å². The van der Waals surface area contributed by atoms with Gasteiger partial charge in [0.2, 0.25) is 0 Å². The van der Waals surface area contributed by atoms with Gasteiger partial charge < -0.3 is 15.0 Å². The van der Waals surface area contributed by atoms with E-state index in [1.807, 2.05) is 31.2 Å². The van der Waals surface area contributed by atoms with Gasteiger partial charge in [0.25, 0.3) is 11.7 Å². The molecule has 1 aromatic carbocycles. The van der Waals surface area contributed by atoms with Crippen LogP contribution in [0.25, 0.3) is 0 Å². The lowest BCUT2D eigenvalue weighted by molar-refractivity contribution is -0.117. The average Bonchev–Trinajstić information content (AvgIpc) is 2.99. The number of carbonyl (C=O) groups excluding carboxylic acids is 2. The number of carbonyl (C=O) groups is 2. The molecule has 0 aliphatic heterocycles. The van der Waals surface area contributed by atoms with Crippen LogP contribution < -0.4 is 10.1 Å². The van der Waals surface area contributed by atoms with Gasteiger partial charge in [0.15, 0.2) is 0 Å². The molecular formula is C15H16N2O3. The normalized spacial score (nSPS) is 10.1. The molecule has 0 unspecified atom stereocenters. The van der Waals surface area contributed by atoms with E-state index in [9.17, 15) is 9.59 Å². The monoisotopic (exact) mass is 272 g/mol. The van der Waals surface area contributed by atoms with Crippen LogP contribution in [0.5, 0.6) is 5.75 Å². The molecule has 0 saturated heterocycles. The minimum atomic E-state index is -0.640. The molecule has 0 saturated carbocycles. The predicted octanol–water partition coefficient (Wildman–Crippen LogP) is 1.91. The van der Waals surface area contributed by atoms with Crippen LogP contribution in [0.4, 0.5) is 0 Å². The van der Waals surface area contributed by atoms with Crippen molar-refractivity contribution in [3.63, 3.8) is 0 Å². The van der Waals surface area contributed by atoms with E-state index in [0.29, 0.717) is 12.4 Å². The van der Waals surface area contributed by atoms with E-state index < -0.39 is 11.7 Å². The summed E-state index contributed by atoms with van der Waals surface area (Å²) in [4.78, 5) is 26.2. The Kier molecular flexibility index (Phi) is 4.55. The van der Waals surface area contributed by atoms with Gasteiger partial charge in [-0.15, -0.1) is 0 Å². The van der Waals surface area contributed by atoms with E-state index in [0.717, 1.165) is 5.56 Å².